The molecule has 6 heteroatoms. The average molecular weight is 311 g/mol. The number of hydrogen-bond donors (Lipinski definition) is 0. The number of carbonyl (C=O) groups excluding carboxylic acids is 1. The van der Waals surface area contributed by atoms with Crippen molar-refractivity contribution in [3.8, 4) is 0 Å². The molecule has 3 rings (SSSR count). The average Bonchev–Trinajstić information content (AvgIpc) is 2.87. The Balaban J connectivity index is 1.52. The summed E-state index contributed by atoms with van der Waals surface area (Å²) in [6, 6.07) is 7.79. The fraction of sp³-hybridized carbons (Fsp3) is 0.412. The number of anilines is 1. The second-order valence-corrected chi connectivity index (χ2v) is 5.66. The Labute approximate surface area is 136 Å². The van der Waals surface area contributed by atoms with E-state index in [9.17, 15) is 4.79 Å². The summed E-state index contributed by atoms with van der Waals surface area (Å²) >= 11 is 0. The third-order valence-corrected chi connectivity index (χ3v) is 4.11. The van der Waals surface area contributed by atoms with Crippen molar-refractivity contribution in [1.29, 1.82) is 0 Å². The number of aromatic nitrogens is 3. The van der Waals surface area contributed by atoms with Gasteiger partial charge in [-0.1, -0.05) is 0 Å². The van der Waals surface area contributed by atoms with Gasteiger partial charge in [0.05, 0.1) is 0 Å². The van der Waals surface area contributed by atoms with Crippen LogP contribution in [0.25, 0.3) is 0 Å². The molecule has 0 radical (unpaired) electrons. The monoisotopic (exact) mass is 311 g/mol. The summed E-state index contributed by atoms with van der Waals surface area (Å²) in [5, 5.41) is 8.09. The second kappa shape index (κ2) is 7.67. The lowest BCUT2D eigenvalue weighted by Crippen LogP contribution is -2.35. The molecule has 0 atom stereocenters. The highest BCUT2D eigenvalue weighted by Crippen LogP contribution is 2.13. The molecule has 3 heterocycles. The molecule has 1 amide bonds. The molecule has 0 aliphatic carbocycles. The Morgan fingerprint density at radius 2 is 1.91 bits per heavy atom. The first-order chi connectivity index (χ1) is 11.3. The van der Waals surface area contributed by atoms with Gasteiger partial charge in [0.2, 0.25) is 5.91 Å². The molecule has 0 aromatic carbocycles. The lowest BCUT2D eigenvalue weighted by Gasteiger charge is -2.22. The van der Waals surface area contributed by atoms with E-state index < -0.39 is 0 Å². The molecule has 2 aromatic heterocycles. The minimum Gasteiger partial charge on any atom is -0.353 e. The van der Waals surface area contributed by atoms with Crippen LogP contribution < -0.4 is 4.90 Å². The maximum Gasteiger partial charge on any atom is 0.222 e. The van der Waals surface area contributed by atoms with Gasteiger partial charge in [0.25, 0.3) is 0 Å². The fourth-order valence-corrected chi connectivity index (χ4v) is 2.82. The standard InChI is InChI=1S/C17H21N5O/c23-17(5-4-15-6-9-18-10-7-15)22-12-2-11-21(13-14-22)16-3-1-8-19-20-16/h1,3,6-10H,2,4-5,11-14H2. The van der Waals surface area contributed by atoms with Crippen molar-refractivity contribution in [2.75, 3.05) is 31.1 Å². The van der Waals surface area contributed by atoms with Crippen LogP contribution in [0.4, 0.5) is 5.82 Å². The highest BCUT2D eigenvalue weighted by atomic mass is 16.2. The summed E-state index contributed by atoms with van der Waals surface area (Å²) in [6.07, 6.45) is 7.49. The molecule has 0 spiro atoms. The van der Waals surface area contributed by atoms with Crippen molar-refractivity contribution < 1.29 is 4.79 Å². The molecule has 2 aromatic rings. The summed E-state index contributed by atoms with van der Waals surface area (Å²) in [4.78, 5) is 20.6. The van der Waals surface area contributed by atoms with Crippen LogP contribution in [0.2, 0.25) is 0 Å². The number of carbonyl (C=O) groups is 1. The summed E-state index contributed by atoms with van der Waals surface area (Å²) in [6.45, 7) is 3.27. The number of amides is 1. The van der Waals surface area contributed by atoms with Crippen LogP contribution in [0.1, 0.15) is 18.4 Å². The first kappa shape index (κ1) is 15.4. The topological polar surface area (TPSA) is 62.2 Å². The van der Waals surface area contributed by atoms with Gasteiger partial charge in [0.15, 0.2) is 5.82 Å². The molecule has 0 unspecified atom stereocenters. The maximum absolute atomic E-state index is 12.4. The van der Waals surface area contributed by atoms with Gasteiger partial charge < -0.3 is 9.80 Å². The number of nitrogens with zero attached hydrogens (tertiary/aromatic N) is 5. The minimum atomic E-state index is 0.225. The third kappa shape index (κ3) is 4.25. The van der Waals surface area contributed by atoms with Crippen LogP contribution in [-0.2, 0) is 11.2 Å². The smallest absolute Gasteiger partial charge is 0.222 e. The van der Waals surface area contributed by atoms with Gasteiger partial charge in [-0.25, -0.2) is 0 Å². The summed E-state index contributed by atoms with van der Waals surface area (Å²) in [7, 11) is 0. The normalized spacial score (nSPS) is 15.3. The fourth-order valence-electron chi connectivity index (χ4n) is 2.82. The second-order valence-electron chi connectivity index (χ2n) is 5.66. The molecule has 6 nitrogen and oxygen atoms in total. The van der Waals surface area contributed by atoms with Gasteiger partial charge in [-0.05, 0) is 42.7 Å². The molecular formula is C17H21N5O. The Morgan fingerprint density at radius 1 is 1.04 bits per heavy atom. The summed E-state index contributed by atoms with van der Waals surface area (Å²) in [5.74, 6) is 1.11. The van der Waals surface area contributed by atoms with Crippen molar-refractivity contribution >= 4 is 11.7 Å². The minimum absolute atomic E-state index is 0.225. The quantitative estimate of drug-likeness (QED) is 0.857. The summed E-state index contributed by atoms with van der Waals surface area (Å²) in [5.41, 5.74) is 1.16. The Morgan fingerprint density at radius 3 is 2.70 bits per heavy atom. The van der Waals surface area contributed by atoms with Crippen LogP contribution in [0, 0.1) is 0 Å². The van der Waals surface area contributed by atoms with Gasteiger partial charge in [0, 0.05) is 51.2 Å². The van der Waals surface area contributed by atoms with E-state index in [1.807, 2.05) is 29.2 Å². The number of aryl methyl sites for hydroxylation is 1. The van der Waals surface area contributed by atoms with Crippen molar-refractivity contribution in [3.63, 3.8) is 0 Å². The van der Waals surface area contributed by atoms with Crippen LogP contribution in [0.15, 0.2) is 42.9 Å². The Hall–Kier alpha value is -2.50. The van der Waals surface area contributed by atoms with E-state index in [4.69, 9.17) is 0 Å². The van der Waals surface area contributed by atoms with Crippen LogP contribution in [0.3, 0.4) is 0 Å². The van der Waals surface area contributed by atoms with Gasteiger partial charge >= 0.3 is 0 Å². The van der Waals surface area contributed by atoms with Gasteiger partial charge in [0.1, 0.15) is 0 Å². The van der Waals surface area contributed by atoms with Crippen LogP contribution in [0.5, 0.6) is 0 Å². The number of hydrogen-bond acceptors (Lipinski definition) is 5. The van der Waals surface area contributed by atoms with E-state index in [2.05, 4.69) is 20.1 Å². The van der Waals surface area contributed by atoms with E-state index in [1.54, 1.807) is 18.6 Å². The molecule has 1 aliphatic rings. The van der Waals surface area contributed by atoms with Crippen LogP contribution in [-0.4, -0.2) is 52.2 Å². The zero-order valence-corrected chi connectivity index (χ0v) is 13.1. The van der Waals surface area contributed by atoms with E-state index >= 15 is 0 Å². The van der Waals surface area contributed by atoms with Crippen molar-refractivity contribution in [3.05, 3.63) is 48.4 Å². The first-order valence-electron chi connectivity index (χ1n) is 8.02. The molecule has 120 valence electrons. The van der Waals surface area contributed by atoms with E-state index in [0.29, 0.717) is 6.42 Å². The number of pyridine rings is 1. The highest BCUT2D eigenvalue weighted by Gasteiger charge is 2.19. The Kier molecular flexibility index (Phi) is 5.13. The van der Waals surface area contributed by atoms with Crippen molar-refractivity contribution in [1.82, 2.24) is 20.1 Å². The predicted molar refractivity (Wildman–Crippen MR) is 88.0 cm³/mol. The lowest BCUT2D eigenvalue weighted by molar-refractivity contribution is -0.130. The summed E-state index contributed by atoms with van der Waals surface area (Å²) < 4.78 is 0. The largest absolute Gasteiger partial charge is 0.353 e. The Bertz CT molecular complexity index is 619. The first-order valence-corrected chi connectivity index (χ1v) is 8.02. The van der Waals surface area contributed by atoms with Gasteiger partial charge in [-0.3, -0.25) is 9.78 Å². The molecule has 0 bridgehead atoms. The molecule has 0 N–H and O–H groups in total. The van der Waals surface area contributed by atoms with E-state index in [0.717, 1.165) is 50.4 Å². The third-order valence-electron chi connectivity index (χ3n) is 4.11. The van der Waals surface area contributed by atoms with Gasteiger partial charge in [-0.15, -0.1) is 5.10 Å². The SMILES string of the molecule is O=C(CCc1ccncc1)N1CCCN(c2cccnn2)CC1. The lowest BCUT2D eigenvalue weighted by atomic mass is 10.1. The highest BCUT2D eigenvalue weighted by molar-refractivity contribution is 5.76. The van der Waals surface area contributed by atoms with Gasteiger partial charge in [-0.2, -0.15) is 5.10 Å². The van der Waals surface area contributed by atoms with Crippen molar-refractivity contribution in [2.24, 2.45) is 0 Å². The molecule has 1 saturated heterocycles. The molecule has 0 saturated carbocycles. The predicted octanol–water partition coefficient (Wildman–Crippen LogP) is 1.54. The van der Waals surface area contributed by atoms with Crippen LogP contribution >= 0.6 is 0 Å². The zero-order valence-electron chi connectivity index (χ0n) is 13.1. The van der Waals surface area contributed by atoms with E-state index in [1.165, 1.54) is 0 Å². The van der Waals surface area contributed by atoms with E-state index in [-0.39, 0.29) is 5.91 Å². The number of rotatable bonds is 4. The molecule has 23 heavy (non-hydrogen) atoms. The molecule has 1 fully saturated rings. The molecule has 1 aliphatic heterocycles. The van der Waals surface area contributed by atoms with Crippen molar-refractivity contribution in [2.45, 2.75) is 19.3 Å². The zero-order chi connectivity index (χ0) is 15.9. The molecular weight excluding hydrogens is 290 g/mol. The maximum atomic E-state index is 12.4.